The molecule has 0 heterocycles. The molecule has 3 heteroatoms. The van der Waals surface area contributed by atoms with Crippen LogP contribution in [0.4, 0.5) is 0 Å². The molecule has 0 atom stereocenters. The van der Waals surface area contributed by atoms with Crippen molar-refractivity contribution in [1.82, 2.24) is 5.32 Å². The molecule has 0 spiro atoms. The molecule has 0 aliphatic rings. The summed E-state index contributed by atoms with van der Waals surface area (Å²) in [6, 6.07) is 8.04. The second-order valence-corrected chi connectivity index (χ2v) is 3.38. The number of hydrogen-bond donors (Lipinski definition) is 1. The van der Waals surface area contributed by atoms with Crippen molar-refractivity contribution in [1.29, 1.82) is 0 Å². The van der Waals surface area contributed by atoms with Crippen LogP contribution >= 0.6 is 12.4 Å². The van der Waals surface area contributed by atoms with E-state index in [1.165, 1.54) is 12.0 Å². The highest BCUT2D eigenvalue weighted by molar-refractivity contribution is 5.85. The third-order valence-corrected chi connectivity index (χ3v) is 2.12. The van der Waals surface area contributed by atoms with Crippen LogP contribution in [0.15, 0.2) is 30.3 Å². The van der Waals surface area contributed by atoms with Crippen LogP contribution in [0.2, 0.25) is 0 Å². The van der Waals surface area contributed by atoms with E-state index in [-0.39, 0.29) is 12.4 Å². The fourth-order valence-electron chi connectivity index (χ4n) is 1.27. The van der Waals surface area contributed by atoms with Crippen LogP contribution in [0.3, 0.4) is 0 Å². The first-order valence-electron chi connectivity index (χ1n) is 5.38. The van der Waals surface area contributed by atoms with Crippen LogP contribution in [0.5, 0.6) is 5.75 Å². The summed E-state index contributed by atoms with van der Waals surface area (Å²) >= 11 is 0. The van der Waals surface area contributed by atoms with Gasteiger partial charge in [-0.2, -0.15) is 0 Å². The van der Waals surface area contributed by atoms with Gasteiger partial charge in [-0.25, -0.2) is 0 Å². The van der Waals surface area contributed by atoms with E-state index >= 15 is 0 Å². The normalized spacial score (nSPS) is 10.1. The fraction of sp³-hybridized carbons (Fsp3) is 0.385. The second kappa shape index (κ2) is 9.25. The van der Waals surface area contributed by atoms with Crippen molar-refractivity contribution in [3.63, 3.8) is 0 Å². The van der Waals surface area contributed by atoms with Crippen molar-refractivity contribution in [2.75, 3.05) is 20.2 Å². The number of halogens is 1. The summed E-state index contributed by atoms with van der Waals surface area (Å²) in [5.41, 5.74) is 1.20. The van der Waals surface area contributed by atoms with Crippen LogP contribution in [-0.2, 0) is 0 Å². The molecule has 2 nitrogen and oxygen atoms in total. The zero-order valence-electron chi connectivity index (χ0n) is 9.90. The van der Waals surface area contributed by atoms with Crippen molar-refractivity contribution in [2.45, 2.75) is 13.3 Å². The lowest BCUT2D eigenvalue weighted by Crippen LogP contribution is -2.13. The number of hydrogen-bond acceptors (Lipinski definition) is 2. The van der Waals surface area contributed by atoms with E-state index in [1.807, 2.05) is 12.1 Å². The first-order chi connectivity index (χ1) is 7.36. The zero-order chi connectivity index (χ0) is 10.9. The van der Waals surface area contributed by atoms with Gasteiger partial charge in [0.2, 0.25) is 0 Å². The molecule has 0 unspecified atom stereocenters. The molecule has 0 aromatic heterocycles. The van der Waals surface area contributed by atoms with E-state index in [9.17, 15) is 0 Å². The van der Waals surface area contributed by atoms with Gasteiger partial charge in [0.15, 0.2) is 0 Å². The van der Waals surface area contributed by atoms with E-state index in [1.54, 1.807) is 7.11 Å². The van der Waals surface area contributed by atoms with E-state index in [0.717, 1.165) is 18.8 Å². The zero-order valence-corrected chi connectivity index (χ0v) is 10.7. The molecule has 16 heavy (non-hydrogen) atoms. The maximum Gasteiger partial charge on any atom is 0.118 e. The molecule has 1 rings (SSSR count). The van der Waals surface area contributed by atoms with Crippen molar-refractivity contribution in [3.8, 4) is 5.75 Å². The molecule has 0 saturated carbocycles. The second-order valence-electron chi connectivity index (χ2n) is 3.38. The summed E-state index contributed by atoms with van der Waals surface area (Å²) in [5.74, 6) is 0.899. The molecule has 0 aliphatic heterocycles. The highest BCUT2D eigenvalue weighted by Gasteiger charge is 1.89. The molecule has 90 valence electrons. The SMILES string of the molecule is CCCNC/C=C/c1ccc(OC)cc1.Cl. The Morgan fingerprint density at radius 3 is 2.50 bits per heavy atom. The van der Waals surface area contributed by atoms with Gasteiger partial charge in [-0.1, -0.05) is 31.2 Å². The highest BCUT2D eigenvalue weighted by Crippen LogP contribution is 2.11. The van der Waals surface area contributed by atoms with Gasteiger partial charge in [0, 0.05) is 6.54 Å². The molecule has 0 saturated heterocycles. The van der Waals surface area contributed by atoms with Crippen molar-refractivity contribution in [3.05, 3.63) is 35.9 Å². The molecular formula is C13H20ClNO. The van der Waals surface area contributed by atoms with Crippen LogP contribution < -0.4 is 10.1 Å². The van der Waals surface area contributed by atoms with Gasteiger partial charge in [0.25, 0.3) is 0 Å². The molecule has 0 fully saturated rings. The Morgan fingerprint density at radius 2 is 1.94 bits per heavy atom. The average molecular weight is 242 g/mol. The molecule has 0 aliphatic carbocycles. The lowest BCUT2D eigenvalue weighted by atomic mass is 10.2. The Bertz CT molecular complexity index is 295. The minimum Gasteiger partial charge on any atom is -0.497 e. The van der Waals surface area contributed by atoms with Crippen LogP contribution in [0.1, 0.15) is 18.9 Å². The Balaban J connectivity index is 0.00000225. The van der Waals surface area contributed by atoms with Crippen molar-refractivity contribution >= 4 is 18.5 Å². The fourth-order valence-corrected chi connectivity index (χ4v) is 1.27. The Kier molecular flexibility index (Phi) is 8.68. The van der Waals surface area contributed by atoms with Gasteiger partial charge in [0.05, 0.1) is 7.11 Å². The predicted molar refractivity (Wildman–Crippen MR) is 72.4 cm³/mol. The third-order valence-electron chi connectivity index (χ3n) is 2.12. The topological polar surface area (TPSA) is 21.3 Å². The number of methoxy groups -OCH3 is 1. The van der Waals surface area contributed by atoms with Crippen LogP contribution in [0, 0.1) is 0 Å². The van der Waals surface area contributed by atoms with Gasteiger partial charge in [-0.3, -0.25) is 0 Å². The van der Waals surface area contributed by atoms with Gasteiger partial charge >= 0.3 is 0 Å². The number of nitrogens with one attached hydrogen (secondary N) is 1. The van der Waals surface area contributed by atoms with Crippen molar-refractivity contribution in [2.24, 2.45) is 0 Å². The van der Waals surface area contributed by atoms with E-state index < -0.39 is 0 Å². The summed E-state index contributed by atoms with van der Waals surface area (Å²) in [5, 5.41) is 3.32. The van der Waals surface area contributed by atoms with Gasteiger partial charge in [0.1, 0.15) is 5.75 Å². The standard InChI is InChI=1S/C13H19NO.ClH/c1-3-10-14-11-4-5-12-6-8-13(15-2)9-7-12;/h4-9,14H,3,10-11H2,1-2H3;1H/b5-4+;. The summed E-state index contributed by atoms with van der Waals surface area (Å²) in [7, 11) is 1.68. The quantitative estimate of drug-likeness (QED) is 0.773. The molecule has 0 amide bonds. The molecule has 0 bridgehead atoms. The molecule has 1 N–H and O–H groups in total. The lowest BCUT2D eigenvalue weighted by Gasteiger charge is -1.99. The van der Waals surface area contributed by atoms with E-state index in [4.69, 9.17) is 4.74 Å². The largest absolute Gasteiger partial charge is 0.497 e. The summed E-state index contributed by atoms with van der Waals surface area (Å²) in [6.45, 7) is 4.17. The third kappa shape index (κ3) is 5.79. The molecule has 1 aromatic carbocycles. The maximum atomic E-state index is 5.09. The van der Waals surface area contributed by atoms with Gasteiger partial charge in [-0.05, 0) is 30.7 Å². The predicted octanol–water partition coefficient (Wildman–Crippen LogP) is 3.13. The summed E-state index contributed by atoms with van der Waals surface area (Å²) in [6.07, 6.45) is 5.43. The maximum absolute atomic E-state index is 5.09. The molecule has 0 radical (unpaired) electrons. The highest BCUT2D eigenvalue weighted by atomic mass is 35.5. The van der Waals surface area contributed by atoms with Gasteiger partial charge < -0.3 is 10.1 Å². The average Bonchev–Trinajstić information content (AvgIpc) is 2.30. The summed E-state index contributed by atoms with van der Waals surface area (Å²) < 4.78 is 5.09. The monoisotopic (exact) mass is 241 g/mol. The van der Waals surface area contributed by atoms with Crippen molar-refractivity contribution < 1.29 is 4.74 Å². The van der Waals surface area contributed by atoms with E-state index in [0.29, 0.717) is 0 Å². The minimum atomic E-state index is 0. The molecular weight excluding hydrogens is 222 g/mol. The van der Waals surface area contributed by atoms with E-state index in [2.05, 4.69) is 36.5 Å². The number of rotatable bonds is 6. The minimum absolute atomic E-state index is 0. The lowest BCUT2D eigenvalue weighted by molar-refractivity contribution is 0.415. The first-order valence-corrected chi connectivity index (χ1v) is 5.38. The van der Waals surface area contributed by atoms with Crippen LogP contribution in [-0.4, -0.2) is 20.2 Å². The number of ether oxygens (including phenoxy) is 1. The van der Waals surface area contributed by atoms with Gasteiger partial charge in [-0.15, -0.1) is 12.4 Å². The Hall–Kier alpha value is -0.990. The van der Waals surface area contributed by atoms with Crippen LogP contribution in [0.25, 0.3) is 6.08 Å². The molecule has 1 aromatic rings. The number of benzene rings is 1. The first kappa shape index (κ1) is 15.0. The smallest absolute Gasteiger partial charge is 0.118 e. The summed E-state index contributed by atoms with van der Waals surface area (Å²) in [4.78, 5) is 0. The Morgan fingerprint density at radius 1 is 1.25 bits per heavy atom. The Labute approximate surface area is 104 Å².